The van der Waals surface area contributed by atoms with Crippen LogP contribution in [0, 0.1) is 5.41 Å². The van der Waals surface area contributed by atoms with Crippen molar-refractivity contribution in [2.75, 3.05) is 13.2 Å². The first kappa shape index (κ1) is 16.1. The van der Waals surface area contributed by atoms with E-state index in [1.807, 2.05) is 24.3 Å². The van der Waals surface area contributed by atoms with Crippen molar-refractivity contribution >= 4 is 20.9 Å². The van der Waals surface area contributed by atoms with Gasteiger partial charge in [-0.15, -0.1) is 0 Å². The van der Waals surface area contributed by atoms with Gasteiger partial charge in [0.2, 0.25) is 0 Å². The maximum atomic E-state index is 12.9. The van der Waals surface area contributed by atoms with E-state index in [-0.39, 0.29) is 16.5 Å². The maximum Gasteiger partial charge on any atom is 0.256 e. The number of hydrogen-bond acceptors (Lipinski definition) is 4. The third-order valence-corrected chi connectivity index (χ3v) is 7.26. The Hall–Kier alpha value is -1.41. The predicted octanol–water partition coefficient (Wildman–Crippen LogP) is 1.39. The predicted molar refractivity (Wildman–Crippen MR) is 90.1 cm³/mol. The van der Waals surface area contributed by atoms with Crippen LogP contribution in [-0.4, -0.2) is 43.5 Å². The fraction of sp³-hybridized carbons (Fsp3) is 0.529. The largest absolute Gasteiger partial charge is 0.392 e. The van der Waals surface area contributed by atoms with Crippen molar-refractivity contribution in [3.8, 4) is 0 Å². The average Bonchev–Trinajstić information content (AvgIpc) is 2.93. The Morgan fingerprint density at radius 1 is 1.29 bits per heavy atom. The molecular weight excluding hydrogens is 328 g/mol. The number of fused-ring (bicyclic) bond motifs is 1. The second-order valence-corrected chi connectivity index (χ2v) is 8.53. The molecular formula is C17H22N2O4S. The lowest BCUT2D eigenvalue weighted by atomic mass is 9.58. The lowest BCUT2D eigenvalue weighted by Gasteiger charge is -2.55. The summed E-state index contributed by atoms with van der Waals surface area (Å²) in [6.07, 6.45) is 1.39. The van der Waals surface area contributed by atoms with Crippen molar-refractivity contribution in [1.82, 2.24) is 9.29 Å². The molecule has 0 amide bonds. The molecule has 4 rings (SSSR count). The first-order valence-electron chi connectivity index (χ1n) is 8.27. The molecule has 2 heterocycles. The van der Waals surface area contributed by atoms with E-state index in [1.54, 1.807) is 17.7 Å². The summed E-state index contributed by atoms with van der Waals surface area (Å²) in [5.41, 5.74) is 0.503. The number of aliphatic hydroxyl groups is 1. The van der Waals surface area contributed by atoms with Gasteiger partial charge in [0.15, 0.2) is 5.03 Å². The zero-order chi connectivity index (χ0) is 16.9. The Balaban J connectivity index is 1.64. The fourth-order valence-corrected chi connectivity index (χ4v) is 5.70. The molecule has 2 N–H and O–H groups in total. The molecule has 1 aromatic carbocycles. The molecule has 1 aliphatic carbocycles. The topological polar surface area (TPSA) is 80.6 Å². The number of benzene rings is 1. The Labute approximate surface area is 141 Å². The van der Waals surface area contributed by atoms with Crippen molar-refractivity contribution in [1.29, 1.82) is 0 Å². The molecule has 24 heavy (non-hydrogen) atoms. The quantitative estimate of drug-likeness (QED) is 0.877. The van der Waals surface area contributed by atoms with Crippen LogP contribution in [0.15, 0.2) is 35.4 Å². The highest BCUT2D eigenvalue weighted by Gasteiger charge is 2.56. The first-order valence-corrected chi connectivity index (χ1v) is 9.75. The molecule has 1 saturated carbocycles. The zero-order valence-electron chi connectivity index (χ0n) is 13.6. The van der Waals surface area contributed by atoms with Gasteiger partial charge in [0.05, 0.1) is 6.10 Å². The van der Waals surface area contributed by atoms with Crippen LogP contribution >= 0.6 is 0 Å². The van der Waals surface area contributed by atoms with E-state index in [0.29, 0.717) is 32.5 Å². The van der Waals surface area contributed by atoms with Crippen molar-refractivity contribution in [3.05, 3.63) is 30.3 Å². The molecule has 2 fully saturated rings. The molecule has 1 aliphatic heterocycles. The van der Waals surface area contributed by atoms with E-state index in [9.17, 15) is 13.5 Å². The van der Waals surface area contributed by atoms with Crippen LogP contribution in [0.4, 0.5) is 0 Å². The summed E-state index contributed by atoms with van der Waals surface area (Å²) >= 11 is 0. The Morgan fingerprint density at radius 2 is 2.00 bits per heavy atom. The smallest absolute Gasteiger partial charge is 0.256 e. The molecule has 7 heteroatoms. The van der Waals surface area contributed by atoms with Crippen LogP contribution in [0.25, 0.3) is 10.9 Å². The minimum atomic E-state index is -3.65. The number of aliphatic hydroxyl groups excluding tert-OH is 1. The lowest BCUT2D eigenvalue weighted by molar-refractivity contribution is -0.143. The summed E-state index contributed by atoms with van der Waals surface area (Å²) in [5.74, 6) is 0. The highest BCUT2D eigenvalue weighted by molar-refractivity contribution is 7.89. The molecule has 2 aliphatic rings. The number of para-hydroxylation sites is 1. The molecule has 2 atom stereocenters. The normalized spacial score (nSPS) is 26.6. The number of rotatable bonds is 3. The number of hydrogen-bond donors (Lipinski definition) is 2. The lowest BCUT2D eigenvalue weighted by Crippen LogP contribution is -2.65. The molecule has 6 nitrogen and oxygen atoms in total. The summed E-state index contributed by atoms with van der Waals surface area (Å²) in [7, 11) is -1.89. The van der Waals surface area contributed by atoms with Crippen molar-refractivity contribution in [2.45, 2.75) is 36.4 Å². The van der Waals surface area contributed by atoms with Gasteiger partial charge in [-0.05, 0) is 31.4 Å². The number of aromatic nitrogens is 1. The molecule has 0 unspecified atom stereocenters. The summed E-state index contributed by atoms with van der Waals surface area (Å²) < 4.78 is 35.7. The third-order valence-electron chi connectivity index (χ3n) is 5.72. The molecule has 130 valence electrons. The van der Waals surface area contributed by atoms with Crippen LogP contribution < -0.4 is 4.72 Å². The molecule has 0 radical (unpaired) electrons. The van der Waals surface area contributed by atoms with E-state index in [1.165, 1.54) is 0 Å². The van der Waals surface area contributed by atoms with Gasteiger partial charge < -0.3 is 14.4 Å². The number of aryl methyl sites for hydroxylation is 1. The second-order valence-electron chi connectivity index (χ2n) is 6.87. The van der Waals surface area contributed by atoms with Crippen molar-refractivity contribution in [3.63, 3.8) is 0 Å². The summed E-state index contributed by atoms with van der Waals surface area (Å²) in [4.78, 5) is 0. The molecule has 0 bridgehead atoms. The SMILES string of the molecule is Cn1c(S(=O)(=O)N[C@@H]2C[C@@H](O)C23CCOCC3)cc2ccccc21. The van der Waals surface area contributed by atoms with Crippen LogP contribution in [0.5, 0.6) is 0 Å². The van der Waals surface area contributed by atoms with Crippen LogP contribution in [0.1, 0.15) is 19.3 Å². The van der Waals surface area contributed by atoms with Gasteiger partial charge in [0, 0.05) is 42.6 Å². The first-order chi connectivity index (χ1) is 11.4. The van der Waals surface area contributed by atoms with E-state index >= 15 is 0 Å². The minimum absolute atomic E-state index is 0.237. The van der Waals surface area contributed by atoms with Gasteiger partial charge in [0.1, 0.15) is 0 Å². The summed E-state index contributed by atoms with van der Waals surface area (Å²) in [6.45, 7) is 1.15. The van der Waals surface area contributed by atoms with E-state index in [0.717, 1.165) is 10.9 Å². The second kappa shape index (κ2) is 5.56. The maximum absolute atomic E-state index is 12.9. The van der Waals surface area contributed by atoms with Crippen molar-refractivity contribution < 1.29 is 18.3 Å². The number of sulfonamides is 1. The van der Waals surface area contributed by atoms with Gasteiger partial charge in [-0.1, -0.05) is 18.2 Å². The van der Waals surface area contributed by atoms with E-state index < -0.39 is 16.1 Å². The molecule has 1 spiro atoms. The van der Waals surface area contributed by atoms with Gasteiger partial charge >= 0.3 is 0 Å². The van der Waals surface area contributed by atoms with E-state index in [2.05, 4.69) is 4.72 Å². The van der Waals surface area contributed by atoms with Crippen LogP contribution in [0.2, 0.25) is 0 Å². The minimum Gasteiger partial charge on any atom is -0.392 e. The highest BCUT2D eigenvalue weighted by Crippen LogP contribution is 2.49. The Morgan fingerprint density at radius 3 is 2.67 bits per heavy atom. The van der Waals surface area contributed by atoms with Gasteiger partial charge in [0.25, 0.3) is 10.0 Å². The number of nitrogens with zero attached hydrogens (tertiary/aromatic N) is 1. The molecule has 1 aromatic heterocycles. The van der Waals surface area contributed by atoms with Crippen LogP contribution in [0.3, 0.4) is 0 Å². The monoisotopic (exact) mass is 350 g/mol. The Kier molecular flexibility index (Phi) is 3.72. The standard InChI is InChI=1S/C17H22N2O4S/c1-19-13-5-3-2-4-12(13)10-16(19)24(21,22)18-14-11-15(20)17(14)6-8-23-9-7-17/h2-5,10,14-15,18,20H,6-9,11H2,1H3/t14-,15-/m1/s1. The number of nitrogens with one attached hydrogen (secondary N) is 1. The van der Waals surface area contributed by atoms with Gasteiger partial charge in [-0.25, -0.2) is 13.1 Å². The summed E-state index contributed by atoms with van der Waals surface area (Å²) in [5, 5.41) is 11.4. The summed E-state index contributed by atoms with van der Waals surface area (Å²) in [6, 6.07) is 9.06. The fourth-order valence-electron chi connectivity index (χ4n) is 4.13. The van der Waals surface area contributed by atoms with Gasteiger partial charge in [-0.3, -0.25) is 0 Å². The third kappa shape index (κ3) is 2.30. The van der Waals surface area contributed by atoms with E-state index in [4.69, 9.17) is 4.74 Å². The zero-order valence-corrected chi connectivity index (χ0v) is 14.4. The number of ether oxygens (including phenoxy) is 1. The molecule has 1 saturated heterocycles. The van der Waals surface area contributed by atoms with Gasteiger partial charge in [-0.2, -0.15) is 0 Å². The highest BCUT2D eigenvalue weighted by atomic mass is 32.2. The van der Waals surface area contributed by atoms with Crippen LogP contribution in [-0.2, 0) is 21.8 Å². The van der Waals surface area contributed by atoms with Crippen molar-refractivity contribution in [2.24, 2.45) is 12.5 Å². The molecule has 2 aromatic rings. The Bertz CT molecular complexity index is 868. The average molecular weight is 350 g/mol.